The van der Waals surface area contributed by atoms with Crippen LogP contribution in [0.1, 0.15) is 12.5 Å². The first-order valence-corrected chi connectivity index (χ1v) is 7.86. The zero-order valence-electron chi connectivity index (χ0n) is 11.5. The van der Waals surface area contributed by atoms with Crippen LogP contribution in [0.25, 0.3) is 0 Å². The molecule has 0 radical (unpaired) electrons. The van der Waals surface area contributed by atoms with Crippen molar-refractivity contribution in [2.75, 3.05) is 11.1 Å². The molecule has 0 saturated carbocycles. The third-order valence-electron chi connectivity index (χ3n) is 2.90. The number of benzene rings is 2. The molecule has 2 rings (SSSR count). The highest BCUT2D eigenvalue weighted by molar-refractivity contribution is 7.99. The third-order valence-corrected chi connectivity index (χ3v) is 4.22. The van der Waals surface area contributed by atoms with Crippen LogP contribution in [0.5, 0.6) is 0 Å². The molecular formula is C15H15ClN2O2S. The summed E-state index contributed by atoms with van der Waals surface area (Å²) >= 11 is 7.85. The van der Waals surface area contributed by atoms with Crippen LogP contribution in [0, 0.1) is 10.1 Å². The van der Waals surface area contributed by atoms with Gasteiger partial charge in [0.1, 0.15) is 0 Å². The molecule has 21 heavy (non-hydrogen) atoms. The van der Waals surface area contributed by atoms with Gasteiger partial charge in [-0.1, -0.05) is 30.7 Å². The minimum atomic E-state index is -0.416. The Morgan fingerprint density at radius 2 is 2.05 bits per heavy atom. The second-order valence-corrected chi connectivity index (χ2v) is 6.03. The highest BCUT2D eigenvalue weighted by atomic mass is 35.5. The highest BCUT2D eigenvalue weighted by Crippen LogP contribution is 2.28. The summed E-state index contributed by atoms with van der Waals surface area (Å²) in [5.41, 5.74) is 1.77. The van der Waals surface area contributed by atoms with Crippen molar-refractivity contribution in [3.05, 3.63) is 63.2 Å². The van der Waals surface area contributed by atoms with Gasteiger partial charge in [-0.3, -0.25) is 10.1 Å². The molecular weight excluding hydrogens is 308 g/mol. The Hall–Kier alpha value is -1.72. The number of nitrogens with zero attached hydrogens (tertiary/aromatic N) is 1. The lowest BCUT2D eigenvalue weighted by Gasteiger charge is -2.12. The normalized spacial score (nSPS) is 10.4. The van der Waals surface area contributed by atoms with E-state index in [4.69, 9.17) is 11.6 Å². The number of thioether (sulfide) groups is 1. The maximum atomic E-state index is 10.8. The second kappa shape index (κ2) is 7.33. The number of anilines is 1. The van der Waals surface area contributed by atoms with E-state index in [0.717, 1.165) is 16.3 Å². The fourth-order valence-electron chi connectivity index (χ4n) is 1.89. The van der Waals surface area contributed by atoms with Crippen LogP contribution in [0.2, 0.25) is 5.02 Å². The maximum Gasteiger partial charge on any atom is 0.269 e. The predicted molar refractivity (Wildman–Crippen MR) is 88.3 cm³/mol. The van der Waals surface area contributed by atoms with Gasteiger partial charge in [-0.2, -0.15) is 0 Å². The summed E-state index contributed by atoms with van der Waals surface area (Å²) in [5.74, 6) is 0.982. The van der Waals surface area contributed by atoms with Crippen LogP contribution in [-0.4, -0.2) is 10.7 Å². The number of nitrogens with one attached hydrogen (secondary N) is 1. The van der Waals surface area contributed by atoms with Crippen molar-refractivity contribution in [2.45, 2.75) is 18.4 Å². The van der Waals surface area contributed by atoms with Gasteiger partial charge in [0.25, 0.3) is 5.69 Å². The largest absolute Gasteiger partial charge is 0.380 e. The van der Waals surface area contributed by atoms with Crippen molar-refractivity contribution in [1.29, 1.82) is 0 Å². The van der Waals surface area contributed by atoms with E-state index in [1.165, 1.54) is 12.1 Å². The van der Waals surface area contributed by atoms with E-state index in [-0.39, 0.29) is 5.69 Å². The van der Waals surface area contributed by atoms with Gasteiger partial charge in [0, 0.05) is 34.3 Å². The molecule has 0 heterocycles. The van der Waals surface area contributed by atoms with Gasteiger partial charge in [0.05, 0.1) is 4.92 Å². The molecule has 0 spiro atoms. The summed E-state index contributed by atoms with van der Waals surface area (Å²) in [5, 5.41) is 14.6. The van der Waals surface area contributed by atoms with E-state index < -0.39 is 4.92 Å². The van der Waals surface area contributed by atoms with Gasteiger partial charge < -0.3 is 5.32 Å². The standard InChI is InChI=1S/C15H15ClN2O2S/c1-2-21-15-6-4-3-5-14(15)17-10-11-9-12(18(19)20)7-8-13(11)16/h3-9,17H,2,10H2,1H3. The SMILES string of the molecule is CCSc1ccccc1NCc1cc([N+](=O)[O-])ccc1Cl. The highest BCUT2D eigenvalue weighted by Gasteiger charge is 2.10. The van der Waals surface area contributed by atoms with Gasteiger partial charge in [-0.05, 0) is 29.5 Å². The number of nitro groups is 1. The summed E-state index contributed by atoms with van der Waals surface area (Å²) in [6.45, 7) is 2.54. The van der Waals surface area contributed by atoms with Crippen LogP contribution in [-0.2, 0) is 6.54 Å². The molecule has 1 N–H and O–H groups in total. The summed E-state index contributed by atoms with van der Waals surface area (Å²) in [4.78, 5) is 11.6. The number of nitro benzene ring substituents is 1. The monoisotopic (exact) mass is 322 g/mol. The van der Waals surface area contributed by atoms with Crippen molar-refractivity contribution in [3.8, 4) is 0 Å². The molecule has 0 amide bonds. The minimum absolute atomic E-state index is 0.0485. The fourth-order valence-corrected chi connectivity index (χ4v) is 2.86. The molecule has 0 fully saturated rings. The summed E-state index contributed by atoms with van der Waals surface area (Å²) < 4.78 is 0. The number of hydrogen-bond acceptors (Lipinski definition) is 4. The number of para-hydroxylation sites is 1. The quantitative estimate of drug-likeness (QED) is 0.463. The average Bonchev–Trinajstić information content (AvgIpc) is 2.48. The number of non-ortho nitro benzene ring substituents is 1. The molecule has 0 unspecified atom stereocenters. The first-order chi connectivity index (χ1) is 10.1. The topological polar surface area (TPSA) is 55.2 Å². The van der Waals surface area contributed by atoms with E-state index in [1.54, 1.807) is 17.8 Å². The molecule has 110 valence electrons. The van der Waals surface area contributed by atoms with E-state index >= 15 is 0 Å². The van der Waals surface area contributed by atoms with Gasteiger partial charge >= 0.3 is 0 Å². The molecule has 0 atom stereocenters. The minimum Gasteiger partial charge on any atom is -0.380 e. The van der Waals surface area contributed by atoms with Crippen molar-refractivity contribution < 1.29 is 4.92 Å². The van der Waals surface area contributed by atoms with Crippen LogP contribution in [0.3, 0.4) is 0 Å². The van der Waals surface area contributed by atoms with Crippen LogP contribution < -0.4 is 5.32 Å². The van der Waals surface area contributed by atoms with Crippen molar-refractivity contribution in [2.24, 2.45) is 0 Å². The van der Waals surface area contributed by atoms with Crippen LogP contribution >= 0.6 is 23.4 Å². The zero-order chi connectivity index (χ0) is 15.2. The Morgan fingerprint density at radius 1 is 1.29 bits per heavy atom. The first-order valence-electron chi connectivity index (χ1n) is 6.50. The molecule has 0 aromatic heterocycles. The summed E-state index contributed by atoms with van der Waals surface area (Å²) in [7, 11) is 0. The molecule has 0 aliphatic carbocycles. The second-order valence-electron chi connectivity index (χ2n) is 4.32. The number of hydrogen-bond donors (Lipinski definition) is 1. The molecule has 0 aliphatic heterocycles. The van der Waals surface area contributed by atoms with Gasteiger partial charge in [-0.25, -0.2) is 0 Å². The molecule has 0 bridgehead atoms. The molecule has 4 nitrogen and oxygen atoms in total. The van der Waals surface area contributed by atoms with Crippen LogP contribution in [0.4, 0.5) is 11.4 Å². The Labute approximate surface area is 132 Å². The lowest BCUT2D eigenvalue weighted by Crippen LogP contribution is -2.02. The molecule has 2 aromatic carbocycles. The third kappa shape index (κ3) is 4.12. The Morgan fingerprint density at radius 3 is 2.76 bits per heavy atom. The zero-order valence-corrected chi connectivity index (χ0v) is 13.1. The van der Waals surface area contributed by atoms with E-state index in [9.17, 15) is 10.1 Å². The fraction of sp³-hybridized carbons (Fsp3) is 0.200. The molecule has 2 aromatic rings. The van der Waals surface area contributed by atoms with E-state index in [1.807, 2.05) is 24.3 Å². The number of rotatable bonds is 6. The van der Waals surface area contributed by atoms with Gasteiger partial charge in [0.2, 0.25) is 0 Å². The predicted octanol–water partition coefficient (Wildman–Crippen LogP) is 4.97. The Kier molecular flexibility index (Phi) is 5.47. The molecule has 0 aliphatic rings. The van der Waals surface area contributed by atoms with Crippen LogP contribution in [0.15, 0.2) is 47.4 Å². The van der Waals surface area contributed by atoms with Crippen molar-refractivity contribution >= 4 is 34.7 Å². The first kappa shape index (κ1) is 15.7. The average molecular weight is 323 g/mol. The Balaban J connectivity index is 2.16. The lowest BCUT2D eigenvalue weighted by atomic mass is 10.2. The summed E-state index contributed by atoms with van der Waals surface area (Å²) in [6, 6.07) is 12.5. The summed E-state index contributed by atoms with van der Waals surface area (Å²) in [6.07, 6.45) is 0. The molecule has 6 heteroatoms. The van der Waals surface area contributed by atoms with Gasteiger partial charge in [0.15, 0.2) is 0 Å². The van der Waals surface area contributed by atoms with Crippen molar-refractivity contribution in [3.63, 3.8) is 0 Å². The maximum absolute atomic E-state index is 10.8. The van der Waals surface area contributed by atoms with Crippen molar-refractivity contribution in [1.82, 2.24) is 0 Å². The van der Waals surface area contributed by atoms with Gasteiger partial charge in [-0.15, -0.1) is 11.8 Å². The lowest BCUT2D eigenvalue weighted by molar-refractivity contribution is -0.384. The van der Waals surface area contributed by atoms with E-state index in [2.05, 4.69) is 12.2 Å². The Bertz CT molecular complexity index is 649. The van der Waals surface area contributed by atoms with E-state index in [0.29, 0.717) is 17.1 Å². The molecule has 0 saturated heterocycles. The smallest absolute Gasteiger partial charge is 0.269 e. The number of halogens is 1.